The zero-order valence-corrected chi connectivity index (χ0v) is 15.3. The lowest BCUT2D eigenvalue weighted by molar-refractivity contribution is 0.380. The van der Waals surface area contributed by atoms with Crippen molar-refractivity contribution < 1.29 is 8.83 Å². The molecule has 0 aliphatic heterocycles. The van der Waals surface area contributed by atoms with Crippen molar-refractivity contribution in [1.29, 1.82) is 0 Å². The SMILES string of the molecule is Cc1ccc2nc(CC(C)c3nc4ccc(C)cc4c(=O)o3)oc(=O)c2c1. The molecule has 0 aliphatic rings. The second-order valence-corrected chi connectivity index (χ2v) is 6.88. The van der Waals surface area contributed by atoms with Crippen molar-refractivity contribution in [1.82, 2.24) is 9.97 Å². The first-order chi connectivity index (χ1) is 12.9. The first-order valence-electron chi connectivity index (χ1n) is 8.72. The van der Waals surface area contributed by atoms with Crippen LogP contribution in [0.3, 0.4) is 0 Å². The highest BCUT2D eigenvalue weighted by Gasteiger charge is 2.17. The van der Waals surface area contributed by atoms with Crippen molar-refractivity contribution in [3.63, 3.8) is 0 Å². The highest BCUT2D eigenvalue weighted by Crippen LogP contribution is 2.20. The number of benzene rings is 2. The molecule has 136 valence electrons. The van der Waals surface area contributed by atoms with E-state index in [0.717, 1.165) is 11.1 Å². The lowest BCUT2D eigenvalue weighted by Gasteiger charge is -2.09. The number of aromatic nitrogens is 2. The zero-order chi connectivity index (χ0) is 19.1. The Morgan fingerprint density at radius 1 is 0.852 bits per heavy atom. The number of aryl methyl sites for hydroxylation is 2. The Bertz CT molecular complexity index is 1290. The standard InChI is InChI=1S/C21H18N2O4/c1-11-4-6-16-14(8-11)20(24)26-18(22-16)10-13(3)19-23-17-7-5-12(2)9-15(17)21(25)27-19/h4-9,13H,10H2,1-3H3. The van der Waals surface area contributed by atoms with Gasteiger partial charge in [-0.3, -0.25) is 0 Å². The van der Waals surface area contributed by atoms with Crippen LogP contribution in [0.4, 0.5) is 0 Å². The van der Waals surface area contributed by atoms with Gasteiger partial charge >= 0.3 is 11.3 Å². The summed E-state index contributed by atoms with van der Waals surface area (Å²) in [5, 5.41) is 0.911. The van der Waals surface area contributed by atoms with Crippen molar-refractivity contribution in [2.24, 2.45) is 0 Å². The average molecular weight is 362 g/mol. The molecule has 4 rings (SSSR count). The van der Waals surface area contributed by atoms with E-state index < -0.39 is 11.3 Å². The molecular weight excluding hydrogens is 344 g/mol. The van der Waals surface area contributed by atoms with Crippen LogP contribution in [0, 0.1) is 13.8 Å². The maximum atomic E-state index is 12.3. The minimum atomic E-state index is -0.422. The van der Waals surface area contributed by atoms with Crippen molar-refractivity contribution in [2.75, 3.05) is 0 Å². The highest BCUT2D eigenvalue weighted by molar-refractivity contribution is 5.78. The molecule has 0 saturated heterocycles. The van der Waals surface area contributed by atoms with Gasteiger partial charge in [-0.15, -0.1) is 0 Å². The summed E-state index contributed by atoms with van der Waals surface area (Å²) < 4.78 is 10.8. The Morgan fingerprint density at radius 2 is 1.41 bits per heavy atom. The van der Waals surface area contributed by atoms with Crippen LogP contribution >= 0.6 is 0 Å². The summed E-state index contributed by atoms with van der Waals surface area (Å²) in [4.78, 5) is 33.4. The zero-order valence-electron chi connectivity index (χ0n) is 15.3. The fraction of sp³-hybridized carbons (Fsp3) is 0.238. The summed E-state index contributed by atoms with van der Waals surface area (Å²) >= 11 is 0. The molecule has 27 heavy (non-hydrogen) atoms. The van der Waals surface area contributed by atoms with Gasteiger partial charge in [0.1, 0.15) is 0 Å². The van der Waals surface area contributed by atoms with E-state index in [2.05, 4.69) is 9.97 Å². The van der Waals surface area contributed by atoms with E-state index in [1.165, 1.54) is 0 Å². The summed E-state index contributed by atoms with van der Waals surface area (Å²) in [7, 11) is 0. The second-order valence-electron chi connectivity index (χ2n) is 6.88. The van der Waals surface area contributed by atoms with Gasteiger partial charge in [0.05, 0.1) is 21.8 Å². The van der Waals surface area contributed by atoms with E-state index in [1.807, 2.05) is 32.9 Å². The molecule has 1 atom stereocenters. The molecule has 4 aromatic rings. The monoisotopic (exact) mass is 362 g/mol. The van der Waals surface area contributed by atoms with Gasteiger partial charge < -0.3 is 8.83 Å². The maximum absolute atomic E-state index is 12.3. The van der Waals surface area contributed by atoms with Crippen LogP contribution < -0.4 is 11.3 Å². The fourth-order valence-electron chi connectivity index (χ4n) is 3.08. The summed E-state index contributed by atoms with van der Waals surface area (Å²) in [5.41, 5.74) is 2.26. The van der Waals surface area contributed by atoms with Gasteiger partial charge in [0.25, 0.3) is 0 Å². The summed E-state index contributed by atoms with van der Waals surface area (Å²) in [6, 6.07) is 10.9. The predicted molar refractivity (Wildman–Crippen MR) is 102 cm³/mol. The first-order valence-corrected chi connectivity index (χ1v) is 8.72. The van der Waals surface area contributed by atoms with Crippen LogP contribution in [-0.4, -0.2) is 9.97 Å². The quantitative estimate of drug-likeness (QED) is 0.553. The Morgan fingerprint density at radius 3 is 2.04 bits per heavy atom. The number of nitrogens with zero attached hydrogens (tertiary/aromatic N) is 2. The van der Waals surface area contributed by atoms with E-state index in [4.69, 9.17) is 8.83 Å². The third-order valence-corrected chi connectivity index (χ3v) is 4.53. The van der Waals surface area contributed by atoms with E-state index in [0.29, 0.717) is 34.1 Å². The molecule has 1 unspecified atom stereocenters. The number of fused-ring (bicyclic) bond motifs is 2. The molecular formula is C21H18N2O4. The molecule has 0 amide bonds. The van der Waals surface area contributed by atoms with E-state index >= 15 is 0 Å². The lowest BCUT2D eigenvalue weighted by atomic mass is 10.1. The smallest absolute Gasteiger partial charge is 0.346 e. The molecule has 2 heterocycles. The van der Waals surface area contributed by atoms with Crippen LogP contribution in [0.2, 0.25) is 0 Å². The topological polar surface area (TPSA) is 86.2 Å². The van der Waals surface area contributed by atoms with Crippen molar-refractivity contribution in [3.8, 4) is 0 Å². The normalized spacial score (nSPS) is 12.6. The fourth-order valence-corrected chi connectivity index (χ4v) is 3.08. The van der Waals surface area contributed by atoms with E-state index in [9.17, 15) is 9.59 Å². The molecule has 6 heteroatoms. The average Bonchev–Trinajstić information content (AvgIpc) is 2.63. The summed E-state index contributed by atoms with van der Waals surface area (Å²) in [6.07, 6.45) is 0.298. The Labute approximate surface area is 154 Å². The van der Waals surface area contributed by atoms with Crippen LogP contribution in [0.1, 0.15) is 35.7 Å². The van der Waals surface area contributed by atoms with Crippen LogP contribution in [0.5, 0.6) is 0 Å². The lowest BCUT2D eigenvalue weighted by Crippen LogP contribution is -2.12. The van der Waals surface area contributed by atoms with Crippen LogP contribution in [0.25, 0.3) is 21.8 Å². The first kappa shape index (κ1) is 17.1. The molecule has 2 aromatic heterocycles. The third-order valence-electron chi connectivity index (χ3n) is 4.53. The minimum Gasteiger partial charge on any atom is -0.408 e. The van der Waals surface area contributed by atoms with Crippen molar-refractivity contribution >= 4 is 21.8 Å². The van der Waals surface area contributed by atoms with Crippen molar-refractivity contribution in [3.05, 3.63) is 80.1 Å². The highest BCUT2D eigenvalue weighted by atomic mass is 16.4. The molecule has 0 saturated carbocycles. The van der Waals surface area contributed by atoms with Crippen LogP contribution in [-0.2, 0) is 6.42 Å². The molecule has 0 bridgehead atoms. The van der Waals surface area contributed by atoms with E-state index in [1.54, 1.807) is 24.3 Å². The second kappa shape index (κ2) is 6.46. The van der Waals surface area contributed by atoms with Gasteiger partial charge in [-0.05, 0) is 38.1 Å². The number of rotatable bonds is 3. The largest absolute Gasteiger partial charge is 0.408 e. The van der Waals surface area contributed by atoms with E-state index in [-0.39, 0.29) is 11.8 Å². The molecule has 0 spiro atoms. The molecule has 0 fully saturated rings. The molecule has 0 radical (unpaired) electrons. The Hall–Kier alpha value is -3.28. The van der Waals surface area contributed by atoms with Gasteiger partial charge in [-0.2, -0.15) is 0 Å². The Kier molecular flexibility index (Phi) is 4.11. The molecule has 0 aliphatic carbocycles. The predicted octanol–water partition coefficient (Wildman–Crippen LogP) is 3.65. The van der Waals surface area contributed by atoms with Gasteiger partial charge in [-0.1, -0.05) is 30.2 Å². The number of hydrogen-bond donors (Lipinski definition) is 0. The van der Waals surface area contributed by atoms with Gasteiger partial charge in [0.15, 0.2) is 5.89 Å². The third kappa shape index (κ3) is 3.26. The summed E-state index contributed by atoms with van der Waals surface area (Å²) in [5.74, 6) is 0.309. The van der Waals surface area contributed by atoms with Crippen LogP contribution in [0.15, 0.2) is 54.8 Å². The maximum Gasteiger partial charge on any atom is 0.346 e. The van der Waals surface area contributed by atoms with Gasteiger partial charge in [-0.25, -0.2) is 19.6 Å². The molecule has 0 N–H and O–H groups in total. The number of hydrogen-bond acceptors (Lipinski definition) is 6. The molecule has 2 aromatic carbocycles. The van der Waals surface area contributed by atoms with Crippen molar-refractivity contribution in [2.45, 2.75) is 33.1 Å². The minimum absolute atomic E-state index is 0.276. The summed E-state index contributed by atoms with van der Waals surface area (Å²) in [6.45, 7) is 5.67. The molecule has 6 nitrogen and oxygen atoms in total. The van der Waals surface area contributed by atoms with Gasteiger partial charge in [0.2, 0.25) is 5.89 Å². The van der Waals surface area contributed by atoms with Gasteiger partial charge in [0, 0.05) is 12.3 Å². The Balaban J connectivity index is 1.71.